The highest BCUT2D eigenvalue weighted by Gasteiger charge is 2.18. The Kier molecular flexibility index (Phi) is 2.14. The van der Waals surface area contributed by atoms with Crippen LogP contribution in [0, 0.1) is 5.92 Å². The first-order valence-electron chi connectivity index (χ1n) is 5.71. The SMILES string of the molecule is C[C@H]1CCc2nn3c(CN)nnc3cc2C1. The number of fused-ring (bicyclic) bond motifs is 2. The van der Waals surface area contributed by atoms with Gasteiger partial charge in [0.2, 0.25) is 0 Å². The molecule has 2 aromatic heterocycles. The van der Waals surface area contributed by atoms with Crippen LogP contribution >= 0.6 is 0 Å². The van der Waals surface area contributed by atoms with Crippen LogP contribution < -0.4 is 5.73 Å². The summed E-state index contributed by atoms with van der Waals surface area (Å²) in [6, 6.07) is 2.10. The molecule has 1 aliphatic carbocycles. The van der Waals surface area contributed by atoms with E-state index >= 15 is 0 Å². The first kappa shape index (κ1) is 9.72. The monoisotopic (exact) mass is 217 g/mol. The number of nitrogens with zero attached hydrogens (tertiary/aromatic N) is 4. The number of rotatable bonds is 1. The fourth-order valence-electron chi connectivity index (χ4n) is 2.32. The van der Waals surface area contributed by atoms with Crippen LogP contribution in [-0.4, -0.2) is 19.8 Å². The second-order valence-electron chi connectivity index (χ2n) is 4.55. The molecule has 1 aliphatic rings. The maximum Gasteiger partial charge on any atom is 0.178 e. The summed E-state index contributed by atoms with van der Waals surface area (Å²) >= 11 is 0. The summed E-state index contributed by atoms with van der Waals surface area (Å²) in [7, 11) is 0. The quantitative estimate of drug-likeness (QED) is 0.763. The highest BCUT2D eigenvalue weighted by atomic mass is 15.4. The highest BCUT2D eigenvalue weighted by molar-refractivity contribution is 5.42. The lowest BCUT2D eigenvalue weighted by Gasteiger charge is -2.20. The summed E-state index contributed by atoms with van der Waals surface area (Å²) in [4.78, 5) is 0. The van der Waals surface area contributed by atoms with E-state index in [2.05, 4.69) is 28.3 Å². The van der Waals surface area contributed by atoms with Crippen molar-refractivity contribution >= 4 is 5.65 Å². The first-order valence-corrected chi connectivity index (χ1v) is 5.71. The summed E-state index contributed by atoms with van der Waals surface area (Å²) in [5.74, 6) is 1.48. The Hall–Kier alpha value is -1.49. The van der Waals surface area contributed by atoms with Crippen LogP contribution in [0.4, 0.5) is 0 Å². The number of hydrogen-bond donors (Lipinski definition) is 1. The zero-order valence-electron chi connectivity index (χ0n) is 9.35. The Morgan fingerprint density at radius 3 is 3.19 bits per heavy atom. The summed E-state index contributed by atoms with van der Waals surface area (Å²) in [5.41, 5.74) is 8.91. The van der Waals surface area contributed by atoms with E-state index in [0.717, 1.165) is 30.2 Å². The minimum atomic E-state index is 0.378. The lowest BCUT2D eigenvalue weighted by atomic mass is 9.88. The van der Waals surface area contributed by atoms with Crippen LogP contribution in [0.1, 0.15) is 30.4 Å². The van der Waals surface area contributed by atoms with Crippen LogP contribution in [0.5, 0.6) is 0 Å². The van der Waals surface area contributed by atoms with Gasteiger partial charge in [-0.2, -0.15) is 9.61 Å². The second-order valence-corrected chi connectivity index (χ2v) is 4.55. The molecule has 0 aromatic carbocycles. The molecule has 0 bridgehead atoms. The maximum absolute atomic E-state index is 5.60. The van der Waals surface area contributed by atoms with Crippen LogP contribution in [0.2, 0.25) is 0 Å². The van der Waals surface area contributed by atoms with Gasteiger partial charge in [0.25, 0.3) is 0 Å². The number of hydrogen-bond acceptors (Lipinski definition) is 4. The van der Waals surface area contributed by atoms with E-state index in [1.807, 2.05) is 0 Å². The van der Waals surface area contributed by atoms with Crippen LogP contribution in [0.25, 0.3) is 5.65 Å². The highest BCUT2D eigenvalue weighted by Crippen LogP contribution is 2.24. The molecule has 0 radical (unpaired) electrons. The molecule has 1 atom stereocenters. The smallest absolute Gasteiger partial charge is 0.178 e. The van der Waals surface area contributed by atoms with Crippen molar-refractivity contribution in [2.24, 2.45) is 11.7 Å². The molecule has 16 heavy (non-hydrogen) atoms. The molecule has 2 heterocycles. The molecule has 5 heteroatoms. The minimum absolute atomic E-state index is 0.378. The molecule has 84 valence electrons. The molecule has 5 nitrogen and oxygen atoms in total. The molecule has 0 aliphatic heterocycles. The van der Waals surface area contributed by atoms with Gasteiger partial charge >= 0.3 is 0 Å². The summed E-state index contributed by atoms with van der Waals surface area (Å²) < 4.78 is 1.77. The third-order valence-corrected chi connectivity index (χ3v) is 3.25. The Labute approximate surface area is 93.7 Å². The van der Waals surface area contributed by atoms with Crippen molar-refractivity contribution < 1.29 is 0 Å². The standard InChI is InChI=1S/C11H15N5/c1-7-2-3-9-8(4-7)5-10-13-14-11(6-12)16(10)15-9/h5,7H,2-4,6,12H2,1H3/t7-/m0/s1. The summed E-state index contributed by atoms with van der Waals surface area (Å²) in [6.45, 7) is 2.66. The van der Waals surface area contributed by atoms with E-state index in [0.29, 0.717) is 6.54 Å². The van der Waals surface area contributed by atoms with E-state index in [1.165, 1.54) is 17.7 Å². The fraction of sp³-hybridized carbons (Fsp3) is 0.545. The molecule has 0 saturated heterocycles. The summed E-state index contributed by atoms with van der Waals surface area (Å²) in [6.07, 6.45) is 3.36. The van der Waals surface area contributed by atoms with Gasteiger partial charge in [0.1, 0.15) is 0 Å². The van der Waals surface area contributed by atoms with E-state index < -0.39 is 0 Å². The van der Waals surface area contributed by atoms with Gasteiger partial charge in [-0.25, -0.2) is 0 Å². The average Bonchev–Trinajstić information content (AvgIpc) is 2.68. The van der Waals surface area contributed by atoms with E-state index in [1.54, 1.807) is 4.52 Å². The van der Waals surface area contributed by atoms with Gasteiger partial charge in [0.15, 0.2) is 11.5 Å². The molecule has 0 unspecified atom stereocenters. The molecular weight excluding hydrogens is 202 g/mol. The van der Waals surface area contributed by atoms with E-state index in [-0.39, 0.29) is 0 Å². The van der Waals surface area contributed by atoms with Crippen LogP contribution in [0.3, 0.4) is 0 Å². The van der Waals surface area contributed by atoms with Crippen molar-refractivity contribution in [1.82, 2.24) is 19.8 Å². The third kappa shape index (κ3) is 1.39. The molecule has 2 aromatic rings. The van der Waals surface area contributed by atoms with Crippen molar-refractivity contribution in [3.8, 4) is 0 Å². The largest absolute Gasteiger partial charge is 0.324 e. The third-order valence-electron chi connectivity index (χ3n) is 3.25. The molecule has 0 saturated carbocycles. The van der Waals surface area contributed by atoms with Crippen LogP contribution in [0.15, 0.2) is 6.07 Å². The number of aromatic nitrogens is 4. The second kappa shape index (κ2) is 3.52. The molecule has 0 spiro atoms. The van der Waals surface area contributed by atoms with Gasteiger partial charge in [-0.05, 0) is 36.8 Å². The van der Waals surface area contributed by atoms with Crippen molar-refractivity contribution in [2.45, 2.75) is 32.7 Å². The lowest BCUT2D eigenvalue weighted by Crippen LogP contribution is -2.16. The van der Waals surface area contributed by atoms with Gasteiger partial charge in [-0.3, -0.25) is 0 Å². The van der Waals surface area contributed by atoms with E-state index in [9.17, 15) is 0 Å². The van der Waals surface area contributed by atoms with Gasteiger partial charge in [0, 0.05) is 0 Å². The number of aryl methyl sites for hydroxylation is 1. The maximum atomic E-state index is 5.60. The zero-order chi connectivity index (χ0) is 11.1. The van der Waals surface area contributed by atoms with Crippen LogP contribution in [-0.2, 0) is 19.4 Å². The van der Waals surface area contributed by atoms with Gasteiger partial charge in [-0.15, -0.1) is 10.2 Å². The molecular formula is C11H15N5. The van der Waals surface area contributed by atoms with Crippen molar-refractivity contribution in [1.29, 1.82) is 0 Å². The zero-order valence-corrected chi connectivity index (χ0v) is 9.35. The number of nitrogens with two attached hydrogens (primary N) is 1. The topological polar surface area (TPSA) is 69.1 Å². The van der Waals surface area contributed by atoms with E-state index in [4.69, 9.17) is 5.73 Å². The molecule has 3 rings (SSSR count). The first-order chi connectivity index (χ1) is 7.78. The Bertz CT molecular complexity index is 530. The lowest BCUT2D eigenvalue weighted by molar-refractivity contribution is 0.488. The summed E-state index contributed by atoms with van der Waals surface area (Å²) in [5, 5.41) is 12.7. The average molecular weight is 217 g/mol. The van der Waals surface area contributed by atoms with Crippen molar-refractivity contribution in [2.75, 3.05) is 0 Å². The van der Waals surface area contributed by atoms with Gasteiger partial charge in [0.05, 0.1) is 12.2 Å². The van der Waals surface area contributed by atoms with Gasteiger partial charge in [-0.1, -0.05) is 6.92 Å². The van der Waals surface area contributed by atoms with Crippen molar-refractivity contribution in [3.63, 3.8) is 0 Å². The normalized spacial score (nSPS) is 20.0. The van der Waals surface area contributed by atoms with Gasteiger partial charge < -0.3 is 5.73 Å². The Morgan fingerprint density at radius 1 is 1.50 bits per heavy atom. The Balaban J connectivity index is 2.17. The Morgan fingerprint density at radius 2 is 2.38 bits per heavy atom. The van der Waals surface area contributed by atoms with Crippen molar-refractivity contribution in [3.05, 3.63) is 23.1 Å². The minimum Gasteiger partial charge on any atom is -0.324 e. The predicted octanol–water partition coefficient (Wildman–Crippen LogP) is 0.708. The predicted molar refractivity (Wildman–Crippen MR) is 59.9 cm³/mol. The molecule has 2 N–H and O–H groups in total. The molecule has 0 amide bonds. The fourth-order valence-corrected chi connectivity index (χ4v) is 2.32. The molecule has 0 fully saturated rings.